The highest BCUT2D eigenvalue weighted by Gasteiger charge is 2.45. The summed E-state index contributed by atoms with van der Waals surface area (Å²) in [7, 11) is 0.136. The predicted molar refractivity (Wildman–Crippen MR) is 122 cm³/mol. The van der Waals surface area contributed by atoms with Gasteiger partial charge in [-0.1, -0.05) is 26.0 Å². The number of aromatic nitrogens is 3. The number of likely N-dealkylation sites (N-methyl/N-ethyl adjacent to an activating group) is 1. The number of hydrogen-bond acceptors (Lipinski definition) is 8. The largest absolute Gasteiger partial charge is 0.380 e. The molecule has 2 aliphatic heterocycles. The van der Waals surface area contributed by atoms with E-state index < -0.39 is 27.3 Å². The molecule has 4 atom stereocenters. The van der Waals surface area contributed by atoms with E-state index in [4.69, 9.17) is 4.74 Å². The average Bonchev–Trinajstić information content (AvgIpc) is 3.35. The summed E-state index contributed by atoms with van der Waals surface area (Å²) in [6.45, 7) is 8.98. The third-order valence-corrected chi connectivity index (χ3v) is 8.27. The average molecular weight is 485 g/mol. The maximum Gasteiger partial charge on any atom is 0.248 e. The van der Waals surface area contributed by atoms with Crippen LogP contribution in [0, 0.1) is 5.41 Å². The highest BCUT2D eigenvalue weighted by Crippen LogP contribution is 2.34. The molecule has 33 heavy (non-hydrogen) atoms. The summed E-state index contributed by atoms with van der Waals surface area (Å²) in [4.78, 5) is 29.8. The lowest BCUT2D eigenvalue weighted by Crippen LogP contribution is -2.49. The quantitative estimate of drug-likeness (QED) is 0.591. The topological polar surface area (TPSA) is 127 Å². The fraction of sp³-hybridized carbons (Fsp3) is 0.810. The molecular formula is C21H36N6O5S. The van der Waals surface area contributed by atoms with E-state index >= 15 is 0 Å². The van der Waals surface area contributed by atoms with Crippen LogP contribution in [-0.4, -0.2) is 102 Å². The van der Waals surface area contributed by atoms with Crippen LogP contribution >= 0.6 is 0 Å². The van der Waals surface area contributed by atoms with Crippen molar-refractivity contribution in [3.05, 3.63) is 11.9 Å². The van der Waals surface area contributed by atoms with Crippen LogP contribution in [-0.2, 0) is 30.7 Å². The molecule has 2 fully saturated rings. The van der Waals surface area contributed by atoms with Gasteiger partial charge < -0.3 is 15.0 Å². The van der Waals surface area contributed by atoms with Gasteiger partial charge in [-0.25, -0.2) is 13.1 Å². The molecule has 0 aliphatic carbocycles. The lowest BCUT2D eigenvalue weighted by atomic mass is 9.85. The van der Waals surface area contributed by atoms with E-state index in [2.05, 4.69) is 20.5 Å². The Hall–Kier alpha value is -2.05. The summed E-state index contributed by atoms with van der Waals surface area (Å²) in [6, 6.07) is -1.38. The Kier molecular flexibility index (Phi) is 7.49. The fourth-order valence-corrected chi connectivity index (χ4v) is 6.28. The van der Waals surface area contributed by atoms with E-state index in [-0.39, 0.29) is 35.5 Å². The van der Waals surface area contributed by atoms with Gasteiger partial charge in [-0.2, -0.15) is 0 Å². The number of amides is 2. The second kappa shape index (κ2) is 9.67. The molecule has 0 aromatic carbocycles. The molecule has 1 N–H and O–H groups in total. The minimum absolute atomic E-state index is 0.113. The predicted octanol–water partition coefficient (Wildman–Crippen LogP) is -0.154. The van der Waals surface area contributed by atoms with Crippen LogP contribution in [0.25, 0.3) is 0 Å². The van der Waals surface area contributed by atoms with Gasteiger partial charge in [0.05, 0.1) is 29.5 Å². The fourth-order valence-electron chi connectivity index (χ4n) is 4.65. The van der Waals surface area contributed by atoms with E-state index in [0.29, 0.717) is 31.7 Å². The Morgan fingerprint density at radius 3 is 2.61 bits per heavy atom. The molecule has 0 bridgehead atoms. The van der Waals surface area contributed by atoms with E-state index in [1.807, 2.05) is 27.7 Å². The maximum absolute atomic E-state index is 13.7. The van der Waals surface area contributed by atoms with Gasteiger partial charge in [0.2, 0.25) is 11.8 Å². The number of ether oxygens (including phenoxy) is 1. The van der Waals surface area contributed by atoms with Crippen molar-refractivity contribution in [2.24, 2.45) is 5.41 Å². The van der Waals surface area contributed by atoms with E-state index in [0.717, 1.165) is 0 Å². The Morgan fingerprint density at radius 2 is 2.03 bits per heavy atom. The van der Waals surface area contributed by atoms with Gasteiger partial charge >= 0.3 is 0 Å². The molecule has 11 nitrogen and oxygen atoms in total. The van der Waals surface area contributed by atoms with Crippen LogP contribution in [0.3, 0.4) is 0 Å². The molecule has 186 valence electrons. The number of carbonyl (C=O) groups excluding carboxylic acids is 2. The van der Waals surface area contributed by atoms with Gasteiger partial charge in [0, 0.05) is 46.3 Å². The van der Waals surface area contributed by atoms with Gasteiger partial charge in [0.25, 0.3) is 0 Å². The van der Waals surface area contributed by atoms with E-state index in [9.17, 15) is 18.0 Å². The first-order valence-electron chi connectivity index (χ1n) is 11.3. The van der Waals surface area contributed by atoms with Crippen LogP contribution < -0.4 is 5.32 Å². The normalized spacial score (nSPS) is 26.8. The second-order valence-corrected chi connectivity index (χ2v) is 12.3. The molecule has 12 heteroatoms. The number of nitrogens with zero attached hydrogens (tertiary/aromatic N) is 5. The third kappa shape index (κ3) is 5.72. The second-order valence-electron chi connectivity index (χ2n) is 10.1. The summed E-state index contributed by atoms with van der Waals surface area (Å²) >= 11 is 0. The Labute approximate surface area is 195 Å². The molecule has 3 rings (SSSR count). The summed E-state index contributed by atoms with van der Waals surface area (Å²) < 4.78 is 30.8. The molecular weight excluding hydrogens is 448 g/mol. The highest BCUT2D eigenvalue weighted by atomic mass is 32.2. The van der Waals surface area contributed by atoms with Crippen LogP contribution in [0.1, 0.15) is 45.9 Å². The standard InChI is InChI=1S/C21H36N6O5S/c1-14-13-33(30,31)8-7-25(14)10-15-11-27(24-23-15)18(21(2,3)4)20(29)26-12-16(32-6)9-17(26)19(28)22-5/h11,14,16-18H,7-10,12-13H2,1-6H3,(H,22,28). The van der Waals surface area contributed by atoms with Crippen molar-refractivity contribution < 1.29 is 22.7 Å². The zero-order valence-corrected chi connectivity index (χ0v) is 21.1. The molecule has 1 aromatic rings. The van der Waals surface area contributed by atoms with Crippen LogP contribution in [0.2, 0.25) is 0 Å². The van der Waals surface area contributed by atoms with Crippen molar-refractivity contribution in [1.29, 1.82) is 0 Å². The van der Waals surface area contributed by atoms with Gasteiger partial charge in [-0.3, -0.25) is 14.5 Å². The van der Waals surface area contributed by atoms with Crippen molar-refractivity contribution in [2.75, 3.05) is 38.8 Å². The monoisotopic (exact) mass is 484 g/mol. The van der Waals surface area contributed by atoms with E-state index in [1.54, 1.807) is 29.9 Å². The number of nitrogens with one attached hydrogen (secondary N) is 1. The smallest absolute Gasteiger partial charge is 0.248 e. The minimum atomic E-state index is -3.00. The van der Waals surface area contributed by atoms with Gasteiger partial charge in [-0.15, -0.1) is 5.10 Å². The van der Waals surface area contributed by atoms with Gasteiger partial charge in [-0.05, 0) is 12.3 Å². The number of methoxy groups -OCH3 is 1. The highest BCUT2D eigenvalue weighted by molar-refractivity contribution is 7.91. The first-order chi connectivity index (χ1) is 15.4. The van der Waals surface area contributed by atoms with Crippen molar-refractivity contribution in [1.82, 2.24) is 30.1 Å². The first-order valence-corrected chi connectivity index (χ1v) is 13.1. The maximum atomic E-state index is 13.7. The van der Waals surface area contributed by atoms with Crippen LogP contribution in [0.15, 0.2) is 6.20 Å². The number of likely N-dealkylation sites (tertiary alicyclic amines) is 1. The van der Waals surface area contributed by atoms with Gasteiger partial charge in [0.15, 0.2) is 9.84 Å². The summed E-state index contributed by atoms with van der Waals surface area (Å²) in [6.07, 6.45) is 1.99. The number of carbonyl (C=O) groups is 2. The molecule has 2 amide bonds. The summed E-state index contributed by atoms with van der Waals surface area (Å²) in [5.74, 6) is -0.167. The molecule has 0 radical (unpaired) electrons. The minimum Gasteiger partial charge on any atom is -0.380 e. The first kappa shape index (κ1) is 25.6. The van der Waals surface area contributed by atoms with Crippen molar-refractivity contribution in [3.8, 4) is 0 Å². The molecule has 2 aliphatic rings. The van der Waals surface area contributed by atoms with Crippen molar-refractivity contribution >= 4 is 21.7 Å². The Morgan fingerprint density at radius 1 is 1.33 bits per heavy atom. The summed E-state index contributed by atoms with van der Waals surface area (Å²) in [5, 5.41) is 11.2. The van der Waals surface area contributed by atoms with Crippen molar-refractivity contribution in [2.45, 2.75) is 64.9 Å². The Bertz CT molecular complexity index is 972. The number of rotatable bonds is 6. The SMILES string of the molecule is CNC(=O)C1CC(OC)CN1C(=O)C(n1cc(CN2CCS(=O)(=O)CC2C)nn1)C(C)(C)C. The summed E-state index contributed by atoms with van der Waals surface area (Å²) in [5.41, 5.74) is 0.176. The zero-order valence-electron chi connectivity index (χ0n) is 20.3. The Balaban J connectivity index is 1.82. The number of hydrogen-bond donors (Lipinski definition) is 1. The lowest BCUT2D eigenvalue weighted by molar-refractivity contribution is -0.144. The third-order valence-electron chi connectivity index (χ3n) is 6.48. The lowest BCUT2D eigenvalue weighted by Gasteiger charge is -2.34. The van der Waals surface area contributed by atoms with Crippen LogP contribution in [0.5, 0.6) is 0 Å². The van der Waals surface area contributed by atoms with Crippen molar-refractivity contribution in [3.63, 3.8) is 0 Å². The van der Waals surface area contributed by atoms with Gasteiger partial charge in [0.1, 0.15) is 12.1 Å². The molecule has 0 saturated carbocycles. The molecule has 2 saturated heterocycles. The molecule has 1 aromatic heterocycles. The number of sulfone groups is 1. The van der Waals surface area contributed by atoms with E-state index in [1.165, 1.54) is 0 Å². The molecule has 4 unspecified atom stereocenters. The molecule has 0 spiro atoms. The van der Waals surface area contributed by atoms with Crippen LogP contribution in [0.4, 0.5) is 0 Å². The zero-order chi connectivity index (χ0) is 24.6. The molecule has 3 heterocycles.